The Bertz CT molecular complexity index is 516. The summed E-state index contributed by atoms with van der Waals surface area (Å²) in [6, 6.07) is 5.87. The molecule has 1 N–H and O–H groups in total. The van der Waals surface area contributed by atoms with Crippen molar-refractivity contribution in [3.63, 3.8) is 0 Å². The van der Waals surface area contributed by atoms with Crippen LogP contribution in [0.5, 0.6) is 5.75 Å². The molecule has 1 heterocycles. The highest BCUT2D eigenvalue weighted by molar-refractivity contribution is 7.09. The molecule has 0 amide bonds. The maximum Gasteiger partial charge on any atom is 0.123 e. The Hall–Kier alpha value is -1.10. The summed E-state index contributed by atoms with van der Waals surface area (Å²) in [5.74, 6) is 0.854. The minimum absolute atomic E-state index is 0.157. The number of benzene rings is 1. The molecule has 0 fully saturated rings. The predicted octanol–water partition coefficient (Wildman–Crippen LogP) is 3.70. The summed E-state index contributed by atoms with van der Waals surface area (Å²) in [4.78, 5) is 4.35. The first-order valence-corrected chi connectivity index (χ1v) is 7.45. The van der Waals surface area contributed by atoms with Crippen molar-refractivity contribution in [2.75, 3.05) is 13.7 Å². The molecule has 1 unspecified atom stereocenters. The van der Waals surface area contributed by atoms with Crippen molar-refractivity contribution in [3.05, 3.63) is 45.4 Å². The zero-order valence-electron chi connectivity index (χ0n) is 11.0. The van der Waals surface area contributed by atoms with Gasteiger partial charge in [-0.1, -0.05) is 18.5 Å². The van der Waals surface area contributed by atoms with Crippen molar-refractivity contribution >= 4 is 22.9 Å². The second kappa shape index (κ2) is 6.89. The van der Waals surface area contributed by atoms with E-state index in [0.717, 1.165) is 34.3 Å². The van der Waals surface area contributed by atoms with E-state index in [2.05, 4.69) is 17.2 Å². The molecule has 0 radical (unpaired) electrons. The molecule has 0 spiro atoms. The Kier molecular flexibility index (Phi) is 5.19. The van der Waals surface area contributed by atoms with Crippen LogP contribution in [0.1, 0.15) is 23.5 Å². The van der Waals surface area contributed by atoms with Crippen molar-refractivity contribution in [1.29, 1.82) is 0 Å². The molecule has 19 heavy (non-hydrogen) atoms. The Labute approximate surface area is 122 Å². The van der Waals surface area contributed by atoms with E-state index in [-0.39, 0.29) is 6.04 Å². The third kappa shape index (κ3) is 3.69. The minimum atomic E-state index is 0.157. The molecule has 1 atom stereocenters. The van der Waals surface area contributed by atoms with Crippen LogP contribution in [0.3, 0.4) is 0 Å². The van der Waals surface area contributed by atoms with Crippen LogP contribution in [-0.2, 0) is 6.42 Å². The lowest BCUT2D eigenvalue weighted by molar-refractivity contribution is 0.399. The van der Waals surface area contributed by atoms with Crippen LogP contribution in [-0.4, -0.2) is 18.6 Å². The van der Waals surface area contributed by atoms with Gasteiger partial charge in [0.05, 0.1) is 12.1 Å². The first kappa shape index (κ1) is 14.3. The summed E-state index contributed by atoms with van der Waals surface area (Å²) < 4.78 is 5.43. The predicted molar refractivity (Wildman–Crippen MR) is 80.2 cm³/mol. The summed E-state index contributed by atoms with van der Waals surface area (Å²) in [5.41, 5.74) is 1.08. The molecule has 0 aliphatic rings. The van der Waals surface area contributed by atoms with Gasteiger partial charge in [0.15, 0.2) is 0 Å². The first-order valence-electron chi connectivity index (χ1n) is 6.19. The lowest BCUT2D eigenvalue weighted by Gasteiger charge is -2.20. The topological polar surface area (TPSA) is 34.2 Å². The van der Waals surface area contributed by atoms with Crippen molar-refractivity contribution in [3.8, 4) is 5.75 Å². The van der Waals surface area contributed by atoms with Crippen LogP contribution in [0.2, 0.25) is 5.02 Å². The lowest BCUT2D eigenvalue weighted by atomic mass is 10.0. The molecule has 0 aliphatic carbocycles. The van der Waals surface area contributed by atoms with Gasteiger partial charge in [-0.25, -0.2) is 4.98 Å². The fourth-order valence-electron chi connectivity index (χ4n) is 2.04. The average molecular weight is 297 g/mol. The maximum atomic E-state index is 6.10. The number of methoxy groups -OCH3 is 1. The van der Waals surface area contributed by atoms with E-state index in [1.165, 1.54) is 0 Å². The molecule has 102 valence electrons. The molecule has 0 aliphatic heterocycles. The number of rotatable bonds is 6. The minimum Gasteiger partial charge on any atom is -0.496 e. The van der Waals surface area contributed by atoms with Gasteiger partial charge in [0.2, 0.25) is 0 Å². The lowest BCUT2D eigenvalue weighted by Crippen LogP contribution is -2.23. The summed E-state index contributed by atoms with van der Waals surface area (Å²) >= 11 is 7.77. The Morgan fingerprint density at radius 3 is 2.95 bits per heavy atom. The number of ether oxygens (including phenoxy) is 1. The third-order valence-electron chi connectivity index (χ3n) is 2.88. The highest BCUT2D eigenvalue weighted by Gasteiger charge is 2.17. The quantitative estimate of drug-likeness (QED) is 0.882. The number of hydrogen-bond acceptors (Lipinski definition) is 4. The summed E-state index contributed by atoms with van der Waals surface area (Å²) in [6.07, 6.45) is 2.67. The van der Waals surface area contributed by atoms with E-state index in [9.17, 15) is 0 Å². The smallest absolute Gasteiger partial charge is 0.123 e. The number of nitrogens with one attached hydrogen (secondary N) is 1. The SMILES string of the molecule is CCNC(Cc1nccs1)c1cc(Cl)ccc1OC. The fourth-order valence-corrected chi connectivity index (χ4v) is 2.89. The second-order valence-corrected chi connectivity index (χ2v) is 5.54. The van der Waals surface area contributed by atoms with Crippen molar-refractivity contribution in [2.24, 2.45) is 0 Å². The fraction of sp³-hybridized carbons (Fsp3) is 0.357. The summed E-state index contributed by atoms with van der Waals surface area (Å²) in [7, 11) is 1.68. The molecule has 0 saturated heterocycles. The van der Waals surface area contributed by atoms with Crippen LogP contribution in [0.25, 0.3) is 0 Å². The van der Waals surface area contributed by atoms with E-state index < -0.39 is 0 Å². The largest absolute Gasteiger partial charge is 0.496 e. The molecular formula is C14H17ClN2OS. The Morgan fingerprint density at radius 2 is 2.32 bits per heavy atom. The number of thiazole rings is 1. The molecule has 5 heteroatoms. The van der Waals surface area contributed by atoms with E-state index in [0.29, 0.717) is 0 Å². The van der Waals surface area contributed by atoms with Gasteiger partial charge >= 0.3 is 0 Å². The zero-order valence-corrected chi connectivity index (χ0v) is 12.6. The van der Waals surface area contributed by atoms with Gasteiger partial charge in [0, 0.05) is 34.6 Å². The third-order valence-corrected chi connectivity index (χ3v) is 3.92. The van der Waals surface area contributed by atoms with Gasteiger partial charge < -0.3 is 10.1 Å². The molecule has 0 saturated carbocycles. The molecule has 2 aromatic rings. The van der Waals surface area contributed by atoms with Crippen LogP contribution in [0.4, 0.5) is 0 Å². The Balaban J connectivity index is 2.29. The maximum absolute atomic E-state index is 6.10. The number of halogens is 1. The van der Waals surface area contributed by atoms with E-state index >= 15 is 0 Å². The van der Waals surface area contributed by atoms with Gasteiger partial charge in [-0.2, -0.15) is 0 Å². The van der Waals surface area contributed by atoms with Crippen molar-refractivity contribution < 1.29 is 4.74 Å². The molecular weight excluding hydrogens is 280 g/mol. The first-order chi connectivity index (χ1) is 9.24. The van der Waals surface area contributed by atoms with Gasteiger partial charge in [0.1, 0.15) is 5.75 Å². The average Bonchev–Trinajstić information content (AvgIpc) is 2.91. The second-order valence-electron chi connectivity index (χ2n) is 4.13. The molecule has 3 nitrogen and oxygen atoms in total. The number of aromatic nitrogens is 1. The number of likely N-dealkylation sites (N-methyl/N-ethyl adjacent to an activating group) is 1. The highest BCUT2D eigenvalue weighted by atomic mass is 35.5. The standard InChI is InChI=1S/C14H17ClN2OS/c1-3-16-12(9-14-17-6-7-19-14)11-8-10(15)4-5-13(11)18-2/h4-8,12,16H,3,9H2,1-2H3. The summed E-state index contributed by atoms with van der Waals surface area (Å²) in [6.45, 7) is 2.97. The van der Waals surface area contributed by atoms with E-state index in [1.807, 2.05) is 29.8 Å². The van der Waals surface area contributed by atoms with Gasteiger partial charge in [-0.3, -0.25) is 0 Å². The zero-order chi connectivity index (χ0) is 13.7. The van der Waals surface area contributed by atoms with Crippen LogP contribution < -0.4 is 10.1 Å². The molecule has 0 bridgehead atoms. The van der Waals surface area contributed by atoms with Gasteiger partial charge in [-0.15, -0.1) is 11.3 Å². The molecule has 2 rings (SSSR count). The van der Waals surface area contributed by atoms with Gasteiger partial charge in [0.25, 0.3) is 0 Å². The van der Waals surface area contributed by atoms with Crippen molar-refractivity contribution in [2.45, 2.75) is 19.4 Å². The number of hydrogen-bond donors (Lipinski definition) is 1. The van der Waals surface area contributed by atoms with E-state index in [4.69, 9.17) is 16.3 Å². The van der Waals surface area contributed by atoms with Gasteiger partial charge in [-0.05, 0) is 24.7 Å². The van der Waals surface area contributed by atoms with Crippen LogP contribution >= 0.6 is 22.9 Å². The monoisotopic (exact) mass is 296 g/mol. The van der Waals surface area contributed by atoms with Crippen LogP contribution in [0.15, 0.2) is 29.8 Å². The molecule has 1 aromatic carbocycles. The van der Waals surface area contributed by atoms with Crippen molar-refractivity contribution in [1.82, 2.24) is 10.3 Å². The summed E-state index contributed by atoms with van der Waals surface area (Å²) in [5, 5.41) is 7.29. The number of nitrogens with zero attached hydrogens (tertiary/aromatic N) is 1. The van der Waals surface area contributed by atoms with Crippen LogP contribution in [0, 0.1) is 0 Å². The Morgan fingerprint density at radius 1 is 1.47 bits per heavy atom. The highest BCUT2D eigenvalue weighted by Crippen LogP contribution is 2.30. The normalized spacial score (nSPS) is 12.4. The van der Waals surface area contributed by atoms with E-state index in [1.54, 1.807) is 18.4 Å². The molecule has 1 aromatic heterocycles.